The van der Waals surface area contributed by atoms with Gasteiger partial charge in [-0.25, -0.2) is 4.99 Å². The number of nitrogens with zero attached hydrogens (tertiary/aromatic N) is 1. The molecule has 1 amide bonds. The fourth-order valence-electron chi connectivity index (χ4n) is 0.213. The largest absolute Gasteiger partial charge is 0.454 e. The van der Waals surface area contributed by atoms with Crippen LogP contribution in [0.2, 0.25) is 0 Å². The molecule has 2 N–H and O–H groups in total. The summed E-state index contributed by atoms with van der Waals surface area (Å²) >= 11 is 0. The first kappa shape index (κ1) is 7.68. The zero-order valence-electron chi connectivity index (χ0n) is 4.91. The molecule has 0 aliphatic heterocycles. The summed E-state index contributed by atoms with van der Waals surface area (Å²) in [6.07, 6.45) is 2.31. The summed E-state index contributed by atoms with van der Waals surface area (Å²) < 4.78 is 4.45. The van der Waals surface area contributed by atoms with E-state index < -0.39 is 5.91 Å². The van der Waals surface area contributed by atoms with Crippen molar-refractivity contribution >= 4 is 12.3 Å². The molecular weight excluding hydrogens is 120 g/mol. The lowest BCUT2D eigenvalue weighted by atomic mass is 10.6. The molecule has 0 bridgehead atoms. The van der Waals surface area contributed by atoms with Gasteiger partial charge in [-0.05, 0) is 0 Å². The van der Waals surface area contributed by atoms with Gasteiger partial charge in [-0.15, -0.1) is 0 Å². The first-order chi connectivity index (χ1) is 4.27. The number of primary amides is 1. The maximum absolute atomic E-state index is 9.99. The molecule has 0 radical (unpaired) electrons. The maximum Gasteiger partial charge on any atom is 0.239 e. The topological polar surface area (TPSA) is 64.7 Å². The van der Waals surface area contributed by atoms with Crippen LogP contribution >= 0.6 is 0 Å². The highest BCUT2D eigenvalue weighted by atomic mass is 16.5. The van der Waals surface area contributed by atoms with Gasteiger partial charge in [-0.2, -0.15) is 0 Å². The van der Waals surface area contributed by atoms with Crippen molar-refractivity contribution in [2.24, 2.45) is 10.7 Å². The van der Waals surface area contributed by atoms with Crippen molar-refractivity contribution < 1.29 is 9.53 Å². The predicted molar refractivity (Wildman–Crippen MR) is 33.8 cm³/mol. The third-order valence-electron chi connectivity index (χ3n) is 0.479. The van der Waals surface area contributed by atoms with Crippen molar-refractivity contribution in [1.29, 1.82) is 0 Å². The van der Waals surface area contributed by atoms with E-state index in [9.17, 15) is 4.79 Å². The van der Waals surface area contributed by atoms with E-state index in [-0.39, 0.29) is 6.54 Å². The summed E-state index contributed by atoms with van der Waals surface area (Å²) in [4.78, 5) is 13.5. The molecule has 0 aromatic rings. The quantitative estimate of drug-likeness (QED) is 0.320. The van der Waals surface area contributed by atoms with Crippen LogP contribution in [0.25, 0.3) is 0 Å². The Hall–Kier alpha value is -1.32. The molecule has 0 aliphatic rings. The van der Waals surface area contributed by atoms with Crippen molar-refractivity contribution in [3.05, 3.63) is 12.8 Å². The maximum atomic E-state index is 9.99. The van der Waals surface area contributed by atoms with Crippen LogP contribution < -0.4 is 5.73 Å². The van der Waals surface area contributed by atoms with Crippen LogP contribution in [-0.4, -0.2) is 18.9 Å². The van der Waals surface area contributed by atoms with Gasteiger partial charge in [0.25, 0.3) is 0 Å². The number of aliphatic imine (C=N–C) groups is 1. The molecule has 9 heavy (non-hydrogen) atoms. The Morgan fingerprint density at radius 3 is 3.00 bits per heavy atom. The molecule has 0 saturated carbocycles. The van der Waals surface area contributed by atoms with Gasteiger partial charge in [0.15, 0.2) is 6.40 Å². The molecular formula is C5H8N2O2. The van der Waals surface area contributed by atoms with Crippen molar-refractivity contribution in [3.8, 4) is 0 Å². The Labute approximate surface area is 53.0 Å². The number of hydrogen-bond donors (Lipinski definition) is 1. The van der Waals surface area contributed by atoms with Crippen LogP contribution in [0.5, 0.6) is 0 Å². The summed E-state index contributed by atoms with van der Waals surface area (Å²) in [5.41, 5.74) is 4.74. The molecule has 50 valence electrons. The normalized spacial score (nSPS) is 9.33. The molecule has 0 unspecified atom stereocenters. The molecule has 0 aromatic carbocycles. The van der Waals surface area contributed by atoms with Crippen LogP contribution in [0.15, 0.2) is 17.8 Å². The minimum atomic E-state index is -0.487. The average Bonchev–Trinajstić information content (AvgIpc) is 1.80. The molecule has 0 atom stereocenters. The Morgan fingerprint density at radius 1 is 1.89 bits per heavy atom. The van der Waals surface area contributed by atoms with Crippen molar-refractivity contribution in [2.45, 2.75) is 0 Å². The summed E-state index contributed by atoms with van der Waals surface area (Å²) in [5, 5.41) is 0. The highest BCUT2D eigenvalue weighted by Gasteiger charge is 1.84. The highest BCUT2D eigenvalue weighted by Crippen LogP contribution is 1.68. The SMILES string of the molecule is C=CO/C=N\CC(N)=O. The van der Waals surface area contributed by atoms with E-state index in [0.717, 1.165) is 6.40 Å². The zero-order chi connectivity index (χ0) is 7.11. The minimum absolute atomic E-state index is 0.0478. The molecule has 0 spiro atoms. The van der Waals surface area contributed by atoms with Crippen LogP contribution in [0.1, 0.15) is 0 Å². The summed E-state index contributed by atoms with van der Waals surface area (Å²) in [5.74, 6) is -0.487. The predicted octanol–water partition coefficient (Wildman–Crippen LogP) is -0.340. The van der Waals surface area contributed by atoms with E-state index in [4.69, 9.17) is 5.73 Å². The number of carbonyl (C=O) groups is 1. The van der Waals surface area contributed by atoms with E-state index in [1.54, 1.807) is 0 Å². The smallest absolute Gasteiger partial charge is 0.239 e. The lowest BCUT2D eigenvalue weighted by Gasteiger charge is -1.85. The number of carbonyl (C=O) groups excluding carboxylic acids is 1. The van der Waals surface area contributed by atoms with Gasteiger partial charge >= 0.3 is 0 Å². The van der Waals surface area contributed by atoms with Crippen LogP contribution in [0, 0.1) is 0 Å². The number of amides is 1. The van der Waals surface area contributed by atoms with E-state index in [1.807, 2.05) is 0 Å². The lowest BCUT2D eigenvalue weighted by Crippen LogP contribution is -2.13. The van der Waals surface area contributed by atoms with Gasteiger partial charge in [0.05, 0.1) is 6.26 Å². The standard InChI is InChI=1S/C5H8N2O2/c1-2-9-4-7-3-5(6)8/h2,4H,1,3H2,(H2,6,8)/b7-4-. The zero-order valence-corrected chi connectivity index (χ0v) is 4.91. The molecule has 4 heteroatoms. The highest BCUT2D eigenvalue weighted by molar-refractivity contribution is 5.77. The Balaban J connectivity index is 3.24. The second-order valence-electron chi connectivity index (χ2n) is 1.22. The number of rotatable bonds is 4. The van der Waals surface area contributed by atoms with Gasteiger partial charge in [-0.3, -0.25) is 4.79 Å². The number of hydrogen-bond acceptors (Lipinski definition) is 3. The van der Waals surface area contributed by atoms with Crippen molar-refractivity contribution in [2.75, 3.05) is 6.54 Å². The number of nitrogens with two attached hydrogens (primary N) is 1. The van der Waals surface area contributed by atoms with Gasteiger partial charge in [0.1, 0.15) is 6.54 Å². The molecule has 4 nitrogen and oxygen atoms in total. The molecule has 0 aliphatic carbocycles. The van der Waals surface area contributed by atoms with Gasteiger partial charge in [0.2, 0.25) is 5.91 Å². The Kier molecular flexibility index (Phi) is 4.12. The third kappa shape index (κ3) is 6.68. The van der Waals surface area contributed by atoms with Crippen LogP contribution in [0.3, 0.4) is 0 Å². The van der Waals surface area contributed by atoms with Gasteiger partial charge in [0, 0.05) is 0 Å². The first-order valence-corrected chi connectivity index (χ1v) is 2.30. The average molecular weight is 128 g/mol. The van der Waals surface area contributed by atoms with Crippen molar-refractivity contribution in [3.63, 3.8) is 0 Å². The summed E-state index contributed by atoms with van der Waals surface area (Å²) in [6.45, 7) is 3.20. The van der Waals surface area contributed by atoms with Gasteiger partial charge in [-0.1, -0.05) is 6.58 Å². The minimum Gasteiger partial charge on any atom is -0.454 e. The van der Waals surface area contributed by atoms with Crippen molar-refractivity contribution in [1.82, 2.24) is 0 Å². The molecule has 0 aromatic heterocycles. The van der Waals surface area contributed by atoms with Crippen LogP contribution in [-0.2, 0) is 9.53 Å². The second-order valence-corrected chi connectivity index (χ2v) is 1.22. The lowest BCUT2D eigenvalue weighted by molar-refractivity contribution is -0.116. The van der Waals surface area contributed by atoms with E-state index in [1.165, 1.54) is 6.26 Å². The molecule has 0 saturated heterocycles. The first-order valence-electron chi connectivity index (χ1n) is 2.30. The molecule has 0 fully saturated rings. The van der Waals surface area contributed by atoms with E-state index in [2.05, 4.69) is 16.3 Å². The van der Waals surface area contributed by atoms with Gasteiger partial charge < -0.3 is 10.5 Å². The summed E-state index contributed by atoms with van der Waals surface area (Å²) in [7, 11) is 0. The Morgan fingerprint density at radius 2 is 2.56 bits per heavy atom. The summed E-state index contributed by atoms with van der Waals surface area (Å²) in [6, 6.07) is 0. The fraction of sp³-hybridized carbons (Fsp3) is 0.200. The van der Waals surface area contributed by atoms with E-state index in [0.29, 0.717) is 0 Å². The monoisotopic (exact) mass is 128 g/mol. The molecule has 0 rings (SSSR count). The molecule has 0 heterocycles. The second kappa shape index (κ2) is 4.83. The number of ether oxygens (including phenoxy) is 1. The fourth-order valence-corrected chi connectivity index (χ4v) is 0.213. The van der Waals surface area contributed by atoms with E-state index >= 15 is 0 Å². The third-order valence-corrected chi connectivity index (χ3v) is 0.479. The Bertz CT molecular complexity index is 131. The van der Waals surface area contributed by atoms with Crippen LogP contribution in [0.4, 0.5) is 0 Å².